The summed E-state index contributed by atoms with van der Waals surface area (Å²) in [5.41, 5.74) is 2.43. The number of ether oxygens (including phenoxy) is 1. The quantitative estimate of drug-likeness (QED) is 0.687. The molecule has 0 aliphatic heterocycles. The Morgan fingerprint density at radius 1 is 1.17 bits per heavy atom. The van der Waals surface area contributed by atoms with Crippen LogP contribution in [0.2, 0.25) is 0 Å². The molecule has 0 aliphatic rings. The monoisotopic (exact) mass is 388 g/mol. The molecule has 2 aromatic carbocycles. The first-order valence-electron chi connectivity index (χ1n) is 9.47. The molecule has 0 spiro atoms. The van der Waals surface area contributed by atoms with Crippen LogP contribution in [0.4, 0.5) is 5.82 Å². The topological polar surface area (TPSA) is 79.9 Å². The molecule has 148 valence electrons. The highest BCUT2D eigenvalue weighted by atomic mass is 16.5. The van der Waals surface area contributed by atoms with Gasteiger partial charge in [-0.2, -0.15) is 10.4 Å². The lowest BCUT2D eigenvalue weighted by molar-refractivity contribution is 0.102. The first kappa shape index (κ1) is 20.2. The van der Waals surface area contributed by atoms with Crippen LogP contribution in [-0.4, -0.2) is 22.3 Å². The van der Waals surface area contributed by atoms with Crippen molar-refractivity contribution in [2.45, 2.75) is 33.1 Å². The van der Waals surface area contributed by atoms with Crippen LogP contribution >= 0.6 is 0 Å². The fraction of sp³-hybridized carbons (Fsp3) is 0.261. The number of amides is 1. The molecule has 1 amide bonds. The molecule has 0 unspecified atom stereocenters. The zero-order valence-corrected chi connectivity index (χ0v) is 17.1. The molecular formula is C23H24N4O2. The first-order chi connectivity index (χ1) is 13.8. The van der Waals surface area contributed by atoms with Crippen LogP contribution in [0.5, 0.6) is 5.75 Å². The third-order valence-corrected chi connectivity index (χ3v) is 4.39. The summed E-state index contributed by atoms with van der Waals surface area (Å²) in [4.78, 5) is 13.0. The van der Waals surface area contributed by atoms with Gasteiger partial charge < -0.3 is 10.1 Å². The summed E-state index contributed by atoms with van der Waals surface area (Å²) in [6, 6.07) is 18.2. The van der Waals surface area contributed by atoms with Gasteiger partial charge in [0.15, 0.2) is 0 Å². The molecule has 1 aromatic heterocycles. The number of nitrogens with zero attached hydrogens (tertiary/aromatic N) is 3. The molecule has 1 N–H and O–H groups in total. The Labute approximate surface area is 170 Å². The fourth-order valence-corrected chi connectivity index (χ4v) is 2.83. The molecule has 0 saturated heterocycles. The average Bonchev–Trinajstić information content (AvgIpc) is 3.13. The number of anilines is 1. The van der Waals surface area contributed by atoms with Crippen molar-refractivity contribution < 1.29 is 9.53 Å². The minimum absolute atomic E-state index is 0.194. The number of hydrogen-bond donors (Lipinski definition) is 1. The minimum atomic E-state index is -0.274. The Kier molecular flexibility index (Phi) is 5.69. The summed E-state index contributed by atoms with van der Waals surface area (Å²) in [7, 11) is 0. The van der Waals surface area contributed by atoms with E-state index >= 15 is 0 Å². The number of rotatable bonds is 5. The highest BCUT2D eigenvalue weighted by molar-refractivity contribution is 6.06. The van der Waals surface area contributed by atoms with Gasteiger partial charge in [0, 0.05) is 11.5 Å². The molecule has 0 fully saturated rings. The maximum Gasteiger partial charge on any atom is 0.260 e. The highest BCUT2D eigenvalue weighted by Crippen LogP contribution is 2.27. The van der Waals surface area contributed by atoms with Gasteiger partial charge in [-0.05, 0) is 43.3 Å². The molecule has 0 radical (unpaired) electrons. The number of hydrogen-bond acceptors (Lipinski definition) is 4. The van der Waals surface area contributed by atoms with Gasteiger partial charge in [0.05, 0.1) is 35.2 Å². The third-order valence-electron chi connectivity index (χ3n) is 4.39. The maximum atomic E-state index is 13.0. The van der Waals surface area contributed by atoms with Crippen molar-refractivity contribution in [3.05, 3.63) is 71.4 Å². The molecule has 3 rings (SSSR count). The zero-order chi connectivity index (χ0) is 21.0. The Bertz CT molecular complexity index is 1050. The number of nitriles is 1. The molecule has 3 aromatic rings. The summed E-state index contributed by atoms with van der Waals surface area (Å²) < 4.78 is 7.27. The summed E-state index contributed by atoms with van der Waals surface area (Å²) in [6.07, 6.45) is 0. The van der Waals surface area contributed by atoms with E-state index in [-0.39, 0.29) is 11.3 Å². The molecule has 6 heteroatoms. The van der Waals surface area contributed by atoms with Crippen LogP contribution in [0.1, 0.15) is 49.3 Å². The molecule has 6 nitrogen and oxygen atoms in total. The van der Waals surface area contributed by atoms with Gasteiger partial charge in [0.25, 0.3) is 5.91 Å². The second-order valence-electron chi connectivity index (χ2n) is 7.62. The van der Waals surface area contributed by atoms with E-state index in [0.29, 0.717) is 29.3 Å². The van der Waals surface area contributed by atoms with Crippen molar-refractivity contribution in [2.75, 3.05) is 11.9 Å². The summed E-state index contributed by atoms with van der Waals surface area (Å²) >= 11 is 0. The second-order valence-corrected chi connectivity index (χ2v) is 7.62. The third kappa shape index (κ3) is 4.46. The predicted molar refractivity (Wildman–Crippen MR) is 113 cm³/mol. The van der Waals surface area contributed by atoms with E-state index in [2.05, 4.69) is 32.2 Å². The Balaban J connectivity index is 2.01. The standard InChI is InChI=1S/C23H24N4O2/c1-5-29-19-9-7-6-8-18(19)22(28)25-21-14-20(23(2,3)4)26-27(21)17-12-10-16(15-24)11-13-17/h6-14H,5H2,1-4H3,(H,25,28). The average molecular weight is 388 g/mol. The molecule has 29 heavy (non-hydrogen) atoms. The van der Waals surface area contributed by atoms with Crippen LogP contribution in [0.3, 0.4) is 0 Å². The molecular weight excluding hydrogens is 364 g/mol. The van der Waals surface area contributed by atoms with E-state index < -0.39 is 0 Å². The van der Waals surface area contributed by atoms with E-state index in [4.69, 9.17) is 15.1 Å². The Hall–Kier alpha value is -3.59. The highest BCUT2D eigenvalue weighted by Gasteiger charge is 2.22. The number of para-hydroxylation sites is 1. The van der Waals surface area contributed by atoms with Gasteiger partial charge in [-0.25, -0.2) is 4.68 Å². The van der Waals surface area contributed by atoms with Crippen molar-refractivity contribution in [3.63, 3.8) is 0 Å². The van der Waals surface area contributed by atoms with E-state index in [9.17, 15) is 4.79 Å². The number of nitrogens with one attached hydrogen (secondary N) is 1. The van der Waals surface area contributed by atoms with Crippen LogP contribution < -0.4 is 10.1 Å². The number of carbonyl (C=O) groups excluding carboxylic acids is 1. The predicted octanol–water partition coefficient (Wildman–Crippen LogP) is 4.69. The van der Waals surface area contributed by atoms with Crippen LogP contribution in [0.15, 0.2) is 54.6 Å². The zero-order valence-electron chi connectivity index (χ0n) is 17.1. The summed E-state index contributed by atoms with van der Waals surface area (Å²) in [5.74, 6) is 0.813. The normalized spacial score (nSPS) is 11.0. The molecule has 0 bridgehead atoms. The van der Waals surface area contributed by atoms with E-state index in [1.807, 2.05) is 31.2 Å². The van der Waals surface area contributed by atoms with Gasteiger partial charge in [-0.3, -0.25) is 4.79 Å². The lowest BCUT2D eigenvalue weighted by Crippen LogP contribution is -2.16. The van der Waals surface area contributed by atoms with E-state index in [1.165, 1.54) is 0 Å². The molecule has 0 aliphatic carbocycles. The Morgan fingerprint density at radius 3 is 2.48 bits per heavy atom. The maximum absolute atomic E-state index is 13.0. The lowest BCUT2D eigenvalue weighted by Gasteiger charge is -2.14. The van der Waals surface area contributed by atoms with Crippen molar-refractivity contribution in [3.8, 4) is 17.5 Å². The van der Waals surface area contributed by atoms with Crippen molar-refractivity contribution in [1.29, 1.82) is 5.26 Å². The van der Waals surface area contributed by atoms with Crippen LogP contribution in [0, 0.1) is 11.3 Å². The van der Waals surface area contributed by atoms with Crippen LogP contribution in [-0.2, 0) is 5.41 Å². The first-order valence-corrected chi connectivity index (χ1v) is 9.47. The largest absolute Gasteiger partial charge is 0.493 e. The molecule has 0 atom stereocenters. The molecule has 0 saturated carbocycles. The van der Waals surface area contributed by atoms with Gasteiger partial charge in [-0.1, -0.05) is 32.9 Å². The van der Waals surface area contributed by atoms with Crippen molar-refractivity contribution >= 4 is 11.7 Å². The number of aromatic nitrogens is 2. The van der Waals surface area contributed by atoms with E-state index in [1.54, 1.807) is 35.0 Å². The van der Waals surface area contributed by atoms with Crippen molar-refractivity contribution in [2.24, 2.45) is 0 Å². The fourth-order valence-electron chi connectivity index (χ4n) is 2.83. The van der Waals surface area contributed by atoms with Crippen molar-refractivity contribution in [1.82, 2.24) is 9.78 Å². The number of carbonyl (C=O) groups is 1. The SMILES string of the molecule is CCOc1ccccc1C(=O)Nc1cc(C(C)(C)C)nn1-c1ccc(C#N)cc1. The smallest absolute Gasteiger partial charge is 0.260 e. The van der Waals surface area contributed by atoms with Crippen LogP contribution in [0.25, 0.3) is 5.69 Å². The van der Waals surface area contributed by atoms with Gasteiger partial charge in [0.2, 0.25) is 0 Å². The summed E-state index contributed by atoms with van der Waals surface area (Å²) in [5, 5.41) is 16.7. The van der Waals surface area contributed by atoms with Gasteiger partial charge >= 0.3 is 0 Å². The molecule has 1 heterocycles. The Morgan fingerprint density at radius 2 is 1.86 bits per heavy atom. The number of benzene rings is 2. The minimum Gasteiger partial charge on any atom is -0.493 e. The van der Waals surface area contributed by atoms with Gasteiger partial charge in [-0.15, -0.1) is 0 Å². The summed E-state index contributed by atoms with van der Waals surface area (Å²) in [6.45, 7) is 8.54. The van der Waals surface area contributed by atoms with Gasteiger partial charge in [0.1, 0.15) is 11.6 Å². The lowest BCUT2D eigenvalue weighted by atomic mass is 9.92. The van der Waals surface area contributed by atoms with E-state index in [0.717, 1.165) is 11.4 Å². The second kappa shape index (κ2) is 8.19.